The van der Waals surface area contributed by atoms with Crippen molar-refractivity contribution in [3.8, 4) is 11.1 Å². The topological polar surface area (TPSA) is 54.4 Å². The van der Waals surface area contributed by atoms with E-state index < -0.39 is 10.1 Å². The Morgan fingerprint density at radius 1 is 0.800 bits per heavy atom. The van der Waals surface area contributed by atoms with Gasteiger partial charge in [-0.25, -0.2) is 0 Å². The maximum atomic E-state index is 11.3. The van der Waals surface area contributed by atoms with E-state index in [-0.39, 0.29) is 4.90 Å². The molecule has 0 radical (unpaired) electrons. The van der Waals surface area contributed by atoms with Crippen LogP contribution in [0.15, 0.2) is 77.7 Å². The molecule has 0 unspecified atom stereocenters. The Morgan fingerprint density at radius 2 is 1.44 bits per heavy atom. The van der Waals surface area contributed by atoms with Crippen molar-refractivity contribution >= 4 is 33.9 Å². The molecule has 3 aromatic rings. The zero-order valence-corrected chi connectivity index (χ0v) is 14.7. The van der Waals surface area contributed by atoms with Crippen LogP contribution in [0.1, 0.15) is 11.1 Å². The molecular formula is C20H15ClO3S. The SMILES string of the molecule is O=S(=O)(O)c1ccc(Cl)c(C=Cc2ccccc2-c2ccccc2)c1. The number of halogens is 1. The Kier molecular flexibility index (Phi) is 5.04. The fourth-order valence-corrected chi connectivity index (χ4v) is 3.21. The maximum Gasteiger partial charge on any atom is 0.294 e. The minimum absolute atomic E-state index is 0.187. The van der Waals surface area contributed by atoms with Crippen LogP contribution in [0.4, 0.5) is 0 Å². The molecule has 3 rings (SSSR count). The summed E-state index contributed by atoms with van der Waals surface area (Å²) < 4.78 is 31.8. The van der Waals surface area contributed by atoms with Gasteiger partial charge < -0.3 is 0 Å². The zero-order chi connectivity index (χ0) is 17.9. The summed E-state index contributed by atoms with van der Waals surface area (Å²) in [7, 11) is -4.27. The van der Waals surface area contributed by atoms with Crippen molar-refractivity contribution in [2.24, 2.45) is 0 Å². The Balaban J connectivity index is 2.02. The summed E-state index contributed by atoms with van der Waals surface area (Å²) in [5, 5.41) is 0.404. The number of benzene rings is 3. The highest BCUT2D eigenvalue weighted by atomic mass is 35.5. The summed E-state index contributed by atoms with van der Waals surface area (Å²) in [4.78, 5) is -0.187. The van der Waals surface area contributed by atoms with Crippen LogP contribution < -0.4 is 0 Å². The van der Waals surface area contributed by atoms with E-state index in [4.69, 9.17) is 11.6 Å². The quantitative estimate of drug-likeness (QED) is 0.492. The fraction of sp³-hybridized carbons (Fsp3) is 0. The molecule has 0 aliphatic rings. The lowest BCUT2D eigenvalue weighted by atomic mass is 9.99. The molecule has 0 atom stereocenters. The van der Waals surface area contributed by atoms with Gasteiger partial charge in [0.15, 0.2) is 0 Å². The van der Waals surface area contributed by atoms with Crippen molar-refractivity contribution in [1.82, 2.24) is 0 Å². The summed E-state index contributed by atoms with van der Waals surface area (Å²) in [6, 6.07) is 21.9. The van der Waals surface area contributed by atoms with E-state index in [9.17, 15) is 13.0 Å². The monoisotopic (exact) mass is 370 g/mol. The van der Waals surface area contributed by atoms with Crippen LogP contribution in [0, 0.1) is 0 Å². The average molecular weight is 371 g/mol. The first-order valence-corrected chi connectivity index (χ1v) is 9.36. The Bertz CT molecular complexity index is 1030. The predicted molar refractivity (Wildman–Crippen MR) is 102 cm³/mol. The highest BCUT2D eigenvalue weighted by Crippen LogP contribution is 2.27. The number of rotatable bonds is 4. The molecule has 0 bridgehead atoms. The minimum atomic E-state index is -4.27. The second-order valence-electron chi connectivity index (χ2n) is 5.44. The molecule has 0 aromatic heterocycles. The van der Waals surface area contributed by atoms with Gasteiger partial charge in [-0.3, -0.25) is 4.55 Å². The summed E-state index contributed by atoms with van der Waals surface area (Å²) in [6.07, 6.45) is 3.61. The van der Waals surface area contributed by atoms with Gasteiger partial charge in [0.05, 0.1) is 4.90 Å². The molecule has 126 valence electrons. The normalized spacial score (nSPS) is 11.8. The smallest absolute Gasteiger partial charge is 0.282 e. The summed E-state index contributed by atoms with van der Waals surface area (Å²) in [6.45, 7) is 0. The lowest BCUT2D eigenvalue weighted by molar-refractivity contribution is 0.483. The third-order valence-electron chi connectivity index (χ3n) is 3.75. The molecule has 3 nitrogen and oxygen atoms in total. The first-order valence-electron chi connectivity index (χ1n) is 7.55. The Morgan fingerprint density at radius 3 is 2.16 bits per heavy atom. The van der Waals surface area contributed by atoms with Gasteiger partial charge in [0.1, 0.15) is 0 Å². The second kappa shape index (κ2) is 7.23. The van der Waals surface area contributed by atoms with Gasteiger partial charge >= 0.3 is 0 Å². The predicted octanol–water partition coefficient (Wildman–Crippen LogP) is 5.42. The van der Waals surface area contributed by atoms with E-state index in [1.54, 1.807) is 6.08 Å². The van der Waals surface area contributed by atoms with E-state index in [0.29, 0.717) is 10.6 Å². The molecule has 0 amide bonds. The lowest BCUT2D eigenvalue weighted by Crippen LogP contribution is -1.98. The van der Waals surface area contributed by atoms with E-state index in [1.165, 1.54) is 18.2 Å². The van der Waals surface area contributed by atoms with Gasteiger partial charge in [0.2, 0.25) is 0 Å². The van der Waals surface area contributed by atoms with E-state index in [1.807, 2.05) is 60.7 Å². The van der Waals surface area contributed by atoms with Crippen LogP contribution in [-0.4, -0.2) is 13.0 Å². The maximum absolute atomic E-state index is 11.3. The standard InChI is InChI=1S/C20H15ClO3S/c21-20-13-12-18(25(22,23)24)14-17(20)11-10-16-8-4-5-9-19(16)15-6-2-1-3-7-15/h1-14H,(H,22,23,24). The molecular weight excluding hydrogens is 356 g/mol. The Labute approximate surface area is 152 Å². The van der Waals surface area contributed by atoms with Crippen molar-refractivity contribution in [3.63, 3.8) is 0 Å². The molecule has 5 heteroatoms. The van der Waals surface area contributed by atoms with E-state index >= 15 is 0 Å². The fourth-order valence-electron chi connectivity index (χ4n) is 2.51. The van der Waals surface area contributed by atoms with Crippen molar-refractivity contribution in [1.29, 1.82) is 0 Å². The molecule has 0 aliphatic heterocycles. The highest BCUT2D eigenvalue weighted by Gasteiger charge is 2.11. The lowest BCUT2D eigenvalue weighted by Gasteiger charge is -2.07. The van der Waals surface area contributed by atoms with Crippen LogP contribution in [0.3, 0.4) is 0 Å². The molecule has 25 heavy (non-hydrogen) atoms. The van der Waals surface area contributed by atoms with Crippen LogP contribution in [0.5, 0.6) is 0 Å². The van der Waals surface area contributed by atoms with Crippen LogP contribution >= 0.6 is 11.6 Å². The third-order valence-corrected chi connectivity index (χ3v) is 4.95. The van der Waals surface area contributed by atoms with Gasteiger partial charge in [-0.2, -0.15) is 8.42 Å². The van der Waals surface area contributed by atoms with Gasteiger partial charge in [-0.05, 0) is 40.5 Å². The van der Waals surface area contributed by atoms with Gasteiger partial charge in [0, 0.05) is 5.02 Å². The van der Waals surface area contributed by atoms with Crippen LogP contribution in [0.25, 0.3) is 23.3 Å². The van der Waals surface area contributed by atoms with Gasteiger partial charge in [0.25, 0.3) is 10.1 Å². The number of hydrogen-bond acceptors (Lipinski definition) is 2. The first-order chi connectivity index (χ1) is 11.9. The largest absolute Gasteiger partial charge is 0.294 e. The van der Waals surface area contributed by atoms with Crippen molar-refractivity contribution in [2.45, 2.75) is 4.90 Å². The van der Waals surface area contributed by atoms with Crippen molar-refractivity contribution < 1.29 is 13.0 Å². The third kappa shape index (κ3) is 4.17. The van der Waals surface area contributed by atoms with Crippen LogP contribution in [-0.2, 0) is 10.1 Å². The molecule has 0 aliphatic carbocycles. The number of hydrogen-bond donors (Lipinski definition) is 1. The molecule has 3 aromatic carbocycles. The molecule has 0 saturated carbocycles. The van der Waals surface area contributed by atoms with Crippen LogP contribution in [0.2, 0.25) is 5.02 Å². The molecule has 0 fully saturated rings. The summed E-state index contributed by atoms with van der Waals surface area (Å²) in [5.41, 5.74) is 3.63. The average Bonchev–Trinajstić information content (AvgIpc) is 2.61. The zero-order valence-electron chi connectivity index (χ0n) is 13.1. The van der Waals surface area contributed by atoms with Gasteiger partial charge in [-0.1, -0.05) is 78.4 Å². The second-order valence-corrected chi connectivity index (χ2v) is 7.27. The molecule has 0 heterocycles. The summed E-state index contributed by atoms with van der Waals surface area (Å²) >= 11 is 6.14. The van der Waals surface area contributed by atoms with E-state index in [0.717, 1.165) is 16.7 Å². The first kappa shape index (κ1) is 17.4. The van der Waals surface area contributed by atoms with Crippen molar-refractivity contribution in [3.05, 3.63) is 88.9 Å². The minimum Gasteiger partial charge on any atom is -0.282 e. The molecule has 1 N–H and O–H groups in total. The van der Waals surface area contributed by atoms with Gasteiger partial charge in [-0.15, -0.1) is 0 Å². The molecule has 0 spiro atoms. The highest BCUT2D eigenvalue weighted by molar-refractivity contribution is 7.85. The summed E-state index contributed by atoms with van der Waals surface area (Å²) in [5.74, 6) is 0. The van der Waals surface area contributed by atoms with E-state index in [2.05, 4.69) is 0 Å². The Hall–Kier alpha value is -2.40. The van der Waals surface area contributed by atoms with Crippen molar-refractivity contribution in [2.75, 3.05) is 0 Å². The molecule has 0 saturated heterocycles.